The maximum atomic E-state index is 11.6. The van der Waals surface area contributed by atoms with Crippen LogP contribution in [-0.2, 0) is 11.2 Å². The number of carboxylic acid groups (broad SMARTS) is 1. The van der Waals surface area contributed by atoms with Crippen LogP contribution in [0, 0.1) is 4.91 Å². The number of oxazole rings is 1. The van der Waals surface area contributed by atoms with Crippen molar-refractivity contribution in [2.24, 2.45) is 5.18 Å². The van der Waals surface area contributed by atoms with Crippen LogP contribution in [0.4, 0.5) is 0 Å². The largest absolute Gasteiger partial charge is 0.478 e. The van der Waals surface area contributed by atoms with Crippen LogP contribution < -0.4 is 4.74 Å². The average molecular weight is 471 g/mol. The SMILES string of the molecule is CC(C)c1oc(-c2ccccc2Cl)nc1CCC(N=O)c1ccc(OC(C)(C)C(=O)O)cc1. The normalized spacial score (nSPS) is 12.5. The molecule has 0 amide bonds. The van der Waals surface area contributed by atoms with Crippen molar-refractivity contribution in [3.8, 4) is 17.2 Å². The van der Waals surface area contributed by atoms with Crippen LogP contribution in [0.2, 0.25) is 5.02 Å². The molecule has 0 aliphatic carbocycles. The zero-order chi connectivity index (χ0) is 24.2. The van der Waals surface area contributed by atoms with Crippen molar-refractivity contribution >= 4 is 17.6 Å². The molecule has 8 heteroatoms. The zero-order valence-corrected chi connectivity index (χ0v) is 19.8. The number of rotatable bonds is 10. The van der Waals surface area contributed by atoms with Gasteiger partial charge in [0.05, 0.1) is 16.3 Å². The molecule has 0 aliphatic rings. The molecule has 0 saturated carbocycles. The van der Waals surface area contributed by atoms with Gasteiger partial charge in [-0.05, 0) is 56.5 Å². The second-order valence-electron chi connectivity index (χ2n) is 8.61. The molecule has 0 aliphatic heterocycles. The molecule has 1 aromatic heterocycles. The Morgan fingerprint density at radius 2 is 1.85 bits per heavy atom. The molecule has 0 radical (unpaired) electrons. The van der Waals surface area contributed by atoms with Crippen molar-refractivity contribution in [3.05, 3.63) is 75.5 Å². The number of halogens is 1. The number of hydrogen-bond acceptors (Lipinski definition) is 6. The summed E-state index contributed by atoms with van der Waals surface area (Å²) in [5.74, 6) is 0.662. The van der Waals surface area contributed by atoms with Crippen molar-refractivity contribution in [1.29, 1.82) is 0 Å². The van der Waals surface area contributed by atoms with Crippen molar-refractivity contribution in [1.82, 2.24) is 4.98 Å². The smallest absolute Gasteiger partial charge is 0.347 e. The minimum absolute atomic E-state index is 0.111. The number of carbonyl (C=O) groups is 1. The molecule has 3 aromatic rings. The highest BCUT2D eigenvalue weighted by Crippen LogP contribution is 2.33. The summed E-state index contributed by atoms with van der Waals surface area (Å²) in [4.78, 5) is 27.5. The third-order valence-corrected chi connectivity index (χ3v) is 5.62. The molecule has 3 rings (SSSR count). The lowest BCUT2D eigenvalue weighted by Crippen LogP contribution is -2.37. The molecule has 33 heavy (non-hydrogen) atoms. The van der Waals surface area contributed by atoms with E-state index in [4.69, 9.17) is 20.8 Å². The Kier molecular flexibility index (Phi) is 7.53. The molecule has 1 unspecified atom stereocenters. The molecule has 1 heterocycles. The number of benzene rings is 2. The van der Waals surface area contributed by atoms with Crippen LogP contribution in [0.15, 0.2) is 58.1 Å². The number of nitrogens with zero attached hydrogens (tertiary/aromatic N) is 2. The topological polar surface area (TPSA) is 102 Å². The van der Waals surface area contributed by atoms with Crippen molar-refractivity contribution < 1.29 is 19.1 Å². The fourth-order valence-electron chi connectivity index (χ4n) is 3.39. The van der Waals surface area contributed by atoms with E-state index < -0.39 is 17.6 Å². The van der Waals surface area contributed by atoms with Crippen LogP contribution in [0.5, 0.6) is 5.75 Å². The van der Waals surface area contributed by atoms with Gasteiger partial charge in [0, 0.05) is 5.92 Å². The first-order chi connectivity index (χ1) is 15.6. The molecule has 0 fully saturated rings. The molecule has 0 spiro atoms. The highest BCUT2D eigenvalue weighted by Gasteiger charge is 2.29. The molecule has 0 saturated heterocycles. The number of ether oxygens (including phenoxy) is 1. The molecule has 7 nitrogen and oxygen atoms in total. The van der Waals surface area contributed by atoms with Crippen LogP contribution in [0.1, 0.15) is 63.1 Å². The number of aryl methyl sites for hydroxylation is 1. The number of nitroso groups, excluding NO2 is 1. The Morgan fingerprint density at radius 3 is 2.42 bits per heavy atom. The highest BCUT2D eigenvalue weighted by molar-refractivity contribution is 6.33. The minimum atomic E-state index is -1.36. The Labute approximate surface area is 197 Å². The molecule has 174 valence electrons. The monoisotopic (exact) mass is 470 g/mol. The zero-order valence-electron chi connectivity index (χ0n) is 19.0. The maximum absolute atomic E-state index is 11.6. The first-order valence-corrected chi connectivity index (χ1v) is 11.1. The van der Waals surface area contributed by atoms with E-state index in [9.17, 15) is 14.8 Å². The summed E-state index contributed by atoms with van der Waals surface area (Å²) in [6.07, 6.45) is 0.945. The van der Waals surface area contributed by atoms with Gasteiger partial charge in [0.1, 0.15) is 17.6 Å². The quantitative estimate of drug-likeness (QED) is 0.327. The molecular weight excluding hydrogens is 444 g/mol. The molecule has 2 aromatic carbocycles. The first-order valence-electron chi connectivity index (χ1n) is 10.7. The lowest BCUT2D eigenvalue weighted by molar-refractivity contribution is -0.152. The van der Waals surface area contributed by atoms with Gasteiger partial charge >= 0.3 is 5.97 Å². The standard InChI is InChI=1S/C25H27ClN2O5/c1-15(2)22-21(27-23(32-22)18-7-5-6-8-19(18)26)14-13-20(28-31)16-9-11-17(12-10-16)33-25(3,4)24(29)30/h5-12,15,20H,13-14H2,1-4H3,(H,29,30). The Bertz CT molecular complexity index is 1120. The van der Waals surface area contributed by atoms with Gasteiger partial charge in [-0.15, -0.1) is 0 Å². The van der Waals surface area contributed by atoms with E-state index in [0.29, 0.717) is 35.1 Å². The number of aliphatic carboxylic acids is 1. The van der Waals surface area contributed by atoms with Crippen LogP contribution in [0.3, 0.4) is 0 Å². The Morgan fingerprint density at radius 1 is 1.18 bits per heavy atom. The van der Waals surface area contributed by atoms with E-state index in [1.807, 2.05) is 32.0 Å². The van der Waals surface area contributed by atoms with Gasteiger partial charge in [0.2, 0.25) is 5.89 Å². The number of hydrogen-bond donors (Lipinski definition) is 1. The minimum Gasteiger partial charge on any atom is -0.478 e. The third kappa shape index (κ3) is 5.79. The Balaban J connectivity index is 1.76. The van der Waals surface area contributed by atoms with Crippen LogP contribution in [0.25, 0.3) is 11.5 Å². The van der Waals surface area contributed by atoms with E-state index in [1.54, 1.807) is 30.3 Å². The number of carboxylic acids is 1. The van der Waals surface area contributed by atoms with Crippen LogP contribution in [-0.4, -0.2) is 21.7 Å². The number of aromatic nitrogens is 1. The van der Waals surface area contributed by atoms with Gasteiger partial charge in [-0.2, -0.15) is 4.91 Å². The summed E-state index contributed by atoms with van der Waals surface area (Å²) in [7, 11) is 0. The Hall–Kier alpha value is -3.19. The second-order valence-corrected chi connectivity index (χ2v) is 9.02. The van der Waals surface area contributed by atoms with Crippen molar-refractivity contribution in [3.63, 3.8) is 0 Å². The molecule has 0 bridgehead atoms. The van der Waals surface area contributed by atoms with E-state index in [0.717, 1.165) is 17.0 Å². The summed E-state index contributed by atoms with van der Waals surface area (Å²) in [6, 6.07) is 13.5. The lowest BCUT2D eigenvalue weighted by Gasteiger charge is -2.21. The fraction of sp³-hybridized carbons (Fsp3) is 0.360. The van der Waals surface area contributed by atoms with E-state index in [2.05, 4.69) is 10.2 Å². The van der Waals surface area contributed by atoms with Gasteiger partial charge < -0.3 is 14.3 Å². The summed E-state index contributed by atoms with van der Waals surface area (Å²) >= 11 is 6.30. The van der Waals surface area contributed by atoms with E-state index in [-0.39, 0.29) is 5.92 Å². The van der Waals surface area contributed by atoms with Gasteiger partial charge in [0.25, 0.3) is 0 Å². The molecule has 1 N–H and O–H groups in total. The van der Waals surface area contributed by atoms with E-state index in [1.165, 1.54) is 13.8 Å². The van der Waals surface area contributed by atoms with Gasteiger partial charge in [-0.1, -0.05) is 54.9 Å². The summed E-state index contributed by atoms with van der Waals surface area (Å²) in [6.45, 7) is 6.99. The predicted molar refractivity (Wildman–Crippen MR) is 127 cm³/mol. The maximum Gasteiger partial charge on any atom is 0.347 e. The van der Waals surface area contributed by atoms with Crippen LogP contribution >= 0.6 is 11.6 Å². The summed E-state index contributed by atoms with van der Waals surface area (Å²) < 4.78 is 11.5. The fourth-order valence-corrected chi connectivity index (χ4v) is 3.61. The molecule has 1 atom stereocenters. The lowest BCUT2D eigenvalue weighted by atomic mass is 9.99. The average Bonchev–Trinajstić information content (AvgIpc) is 3.19. The predicted octanol–water partition coefficient (Wildman–Crippen LogP) is 6.80. The van der Waals surface area contributed by atoms with Gasteiger partial charge in [-0.3, -0.25) is 0 Å². The van der Waals surface area contributed by atoms with Gasteiger partial charge in [-0.25, -0.2) is 9.78 Å². The molecular formula is C25H27ClN2O5. The van der Waals surface area contributed by atoms with Gasteiger partial charge in [0.15, 0.2) is 5.60 Å². The van der Waals surface area contributed by atoms with E-state index >= 15 is 0 Å². The summed E-state index contributed by atoms with van der Waals surface area (Å²) in [5.41, 5.74) is 0.851. The third-order valence-electron chi connectivity index (χ3n) is 5.29. The van der Waals surface area contributed by atoms with Crippen molar-refractivity contribution in [2.75, 3.05) is 0 Å². The highest BCUT2D eigenvalue weighted by atomic mass is 35.5. The second kappa shape index (κ2) is 10.2. The first kappa shape index (κ1) is 24.5. The summed E-state index contributed by atoms with van der Waals surface area (Å²) in [5, 5.41) is 13.1. The van der Waals surface area contributed by atoms with Crippen molar-refractivity contribution in [2.45, 2.75) is 58.1 Å².